The largest absolute Gasteiger partial charge is 0.391 e. The van der Waals surface area contributed by atoms with Gasteiger partial charge in [-0.25, -0.2) is 0 Å². The molecule has 0 amide bonds. The summed E-state index contributed by atoms with van der Waals surface area (Å²) in [6.07, 6.45) is 3.72. The van der Waals surface area contributed by atoms with Crippen molar-refractivity contribution in [2.24, 2.45) is 0 Å². The molecule has 3 saturated heterocycles. The molecule has 102 valence electrons. The Morgan fingerprint density at radius 2 is 2.11 bits per heavy atom. The van der Waals surface area contributed by atoms with Crippen LogP contribution < -0.4 is 0 Å². The van der Waals surface area contributed by atoms with Gasteiger partial charge < -0.3 is 5.11 Å². The van der Waals surface area contributed by atoms with Crippen LogP contribution in [0.25, 0.3) is 0 Å². The summed E-state index contributed by atoms with van der Waals surface area (Å²) >= 11 is 0. The van der Waals surface area contributed by atoms with E-state index in [1.165, 1.54) is 18.7 Å². The maximum absolute atomic E-state index is 10.8. The highest BCUT2D eigenvalue weighted by Crippen LogP contribution is 2.36. The van der Waals surface area contributed by atoms with Crippen LogP contribution in [-0.4, -0.2) is 64.8 Å². The Balaban J connectivity index is 1.57. The van der Waals surface area contributed by atoms with Crippen LogP contribution in [0.15, 0.2) is 18.3 Å². The van der Waals surface area contributed by atoms with Crippen molar-refractivity contribution in [3.63, 3.8) is 0 Å². The molecule has 0 aromatic carbocycles. The van der Waals surface area contributed by atoms with Gasteiger partial charge in [0.1, 0.15) is 0 Å². The molecule has 1 aromatic rings. The molecular formula is C15H21N3O. The lowest BCUT2D eigenvalue weighted by Crippen LogP contribution is -2.64. The SMILES string of the molecule is OC(C1CCc2cccnc21)C1CN2CCN1CC2. The van der Waals surface area contributed by atoms with Crippen LogP contribution in [0.4, 0.5) is 0 Å². The van der Waals surface area contributed by atoms with Crippen LogP contribution in [0.5, 0.6) is 0 Å². The number of nitrogens with zero attached hydrogens (tertiary/aromatic N) is 3. The summed E-state index contributed by atoms with van der Waals surface area (Å²) in [7, 11) is 0. The molecule has 1 aromatic heterocycles. The molecule has 3 fully saturated rings. The Hall–Kier alpha value is -0.970. The minimum absolute atomic E-state index is 0.238. The number of fused-ring (bicyclic) bond motifs is 4. The summed E-state index contributed by atoms with van der Waals surface area (Å²) in [5.41, 5.74) is 2.48. The lowest BCUT2D eigenvalue weighted by atomic mass is 9.90. The molecule has 4 aliphatic rings. The number of aliphatic hydroxyl groups excluding tert-OH is 1. The topological polar surface area (TPSA) is 39.6 Å². The van der Waals surface area contributed by atoms with Crippen molar-refractivity contribution in [3.8, 4) is 0 Å². The Kier molecular flexibility index (Phi) is 2.83. The molecule has 3 atom stereocenters. The second-order valence-corrected chi connectivity index (χ2v) is 6.09. The lowest BCUT2D eigenvalue weighted by molar-refractivity contribution is -0.0543. The van der Waals surface area contributed by atoms with E-state index in [1.54, 1.807) is 0 Å². The highest BCUT2D eigenvalue weighted by Gasteiger charge is 2.41. The van der Waals surface area contributed by atoms with Gasteiger partial charge in [-0.05, 0) is 24.5 Å². The van der Waals surface area contributed by atoms with Crippen molar-refractivity contribution < 1.29 is 5.11 Å². The fraction of sp³-hybridized carbons (Fsp3) is 0.667. The summed E-state index contributed by atoms with van der Waals surface area (Å²) in [5.74, 6) is 0.238. The number of aromatic nitrogens is 1. The van der Waals surface area contributed by atoms with Crippen LogP contribution in [0.2, 0.25) is 0 Å². The van der Waals surface area contributed by atoms with Gasteiger partial charge in [0, 0.05) is 56.6 Å². The minimum atomic E-state index is -0.265. The third-order valence-electron chi connectivity index (χ3n) is 5.13. The van der Waals surface area contributed by atoms with E-state index in [1.807, 2.05) is 12.3 Å². The van der Waals surface area contributed by atoms with E-state index in [-0.39, 0.29) is 12.0 Å². The summed E-state index contributed by atoms with van der Waals surface area (Å²) in [4.78, 5) is 9.49. The first-order valence-corrected chi connectivity index (χ1v) is 7.41. The number of piperazine rings is 3. The van der Waals surface area contributed by atoms with E-state index >= 15 is 0 Å². The molecule has 4 heteroatoms. The summed E-state index contributed by atoms with van der Waals surface area (Å²) in [6, 6.07) is 4.47. The van der Waals surface area contributed by atoms with Crippen molar-refractivity contribution in [2.75, 3.05) is 32.7 Å². The van der Waals surface area contributed by atoms with E-state index in [4.69, 9.17) is 0 Å². The van der Waals surface area contributed by atoms with Gasteiger partial charge >= 0.3 is 0 Å². The maximum atomic E-state index is 10.8. The highest BCUT2D eigenvalue weighted by molar-refractivity contribution is 5.30. The van der Waals surface area contributed by atoms with Gasteiger partial charge in [0.15, 0.2) is 0 Å². The number of hydrogen-bond donors (Lipinski definition) is 1. The van der Waals surface area contributed by atoms with Crippen LogP contribution in [-0.2, 0) is 6.42 Å². The van der Waals surface area contributed by atoms with Gasteiger partial charge in [-0.15, -0.1) is 0 Å². The van der Waals surface area contributed by atoms with Gasteiger partial charge in [-0.2, -0.15) is 0 Å². The van der Waals surface area contributed by atoms with E-state index in [2.05, 4.69) is 20.9 Å². The Bertz CT molecular complexity index is 470. The van der Waals surface area contributed by atoms with E-state index in [9.17, 15) is 5.11 Å². The first kappa shape index (κ1) is 11.8. The quantitative estimate of drug-likeness (QED) is 0.838. The van der Waals surface area contributed by atoms with Crippen LogP contribution in [0, 0.1) is 0 Å². The second kappa shape index (κ2) is 4.54. The van der Waals surface area contributed by atoms with Gasteiger partial charge in [-0.1, -0.05) is 6.07 Å². The van der Waals surface area contributed by atoms with Gasteiger partial charge in [0.25, 0.3) is 0 Å². The standard InChI is InChI=1S/C15H21N3O/c19-15(13-10-17-6-8-18(13)9-7-17)12-4-3-11-2-1-5-16-14(11)12/h1-2,5,12-13,15,19H,3-4,6-10H2. The third kappa shape index (κ3) is 1.90. The van der Waals surface area contributed by atoms with Crippen molar-refractivity contribution in [1.29, 1.82) is 0 Å². The number of aryl methyl sites for hydroxylation is 1. The number of pyridine rings is 1. The molecule has 0 radical (unpaired) electrons. The normalized spacial score (nSPS) is 38.2. The van der Waals surface area contributed by atoms with Gasteiger partial charge in [0.05, 0.1) is 6.10 Å². The average molecular weight is 259 g/mol. The number of rotatable bonds is 2. The van der Waals surface area contributed by atoms with Gasteiger partial charge in [-0.3, -0.25) is 14.8 Å². The number of aliphatic hydroxyl groups is 1. The van der Waals surface area contributed by atoms with E-state index < -0.39 is 0 Å². The predicted molar refractivity (Wildman–Crippen MR) is 73.1 cm³/mol. The Morgan fingerprint density at radius 1 is 1.26 bits per heavy atom. The zero-order valence-electron chi connectivity index (χ0n) is 11.2. The van der Waals surface area contributed by atoms with Crippen LogP contribution in [0.1, 0.15) is 23.6 Å². The second-order valence-electron chi connectivity index (χ2n) is 6.09. The van der Waals surface area contributed by atoms with Crippen molar-refractivity contribution in [1.82, 2.24) is 14.8 Å². The molecule has 19 heavy (non-hydrogen) atoms. The molecule has 3 aliphatic heterocycles. The van der Waals surface area contributed by atoms with Crippen molar-refractivity contribution >= 4 is 0 Å². The molecule has 4 nitrogen and oxygen atoms in total. The highest BCUT2D eigenvalue weighted by atomic mass is 16.3. The molecule has 1 N–H and O–H groups in total. The summed E-state index contributed by atoms with van der Waals surface area (Å²) < 4.78 is 0. The Morgan fingerprint density at radius 3 is 2.84 bits per heavy atom. The molecule has 4 heterocycles. The zero-order valence-corrected chi connectivity index (χ0v) is 11.2. The maximum Gasteiger partial charge on any atom is 0.0791 e. The van der Waals surface area contributed by atoms with Crippen molar-refractivity contribution in [3.05, 3.63) is 29.6 Å². The molecule has 3 unspecified atom stereocenters. The van der Waals surface area contributed by atoms with Crippen molar-refractivity contribution in [2.45, 2.75) is 30.9 Å². The molecule has 0 saturated carbocycles. The minimum Gasteiger partial charge on any atom is -0.391 e. The van der Waals surface area contributed by atoms with E-state index in [0.29, 0.717) is 6.04 Å². The lowest BCUT2D eigenvalue weighted by Gasteiger charge is -2.49. The molecule has 2 bridgehead atoms. The zero-order chi connectivity index (χ0) is 12.8. The third-order valence-corrected chi connectivity index (χ3v) is 5.13. The average Bonchev–Trinajstić information content (AvgIpc) is 2.91. The summed E-state index contributed by atoms with van der Waals surface area (Å²) in [5, 5.41) is 10.8. The Labute approximate surface area is 114 Å². The first-order chi connectivity index (χ1) is 9.33. The fourth-order valence-corrected chi connectivity index (χ4v) is 4.03. The van der Waals surface area contributed by atoms with Crippen LogP contribution >= 0.6 is 0 Å². The smallest absolute Gasteiger partial charge is 0.0791 e. The monoisotopic (exact) mass is 259 g/mol. The van der Waals surface area contributed by atoms with E-state index in [0.717, 1.165) is 38.2 Å². The van der Waals surface area contributed by atoms with Gasteiger partial charge in [0.2, 0.25) is 0 Å². The molecular weight excluding hydrogens is 238 g/mol. The molecule has 1 aliphatic carbocycles. The predicted octanol–water partition coefficient (Wildman–Crippen LogP) is 0.472. The molecule has 5 rings (SSSR count). The fourth-order valence-electron chi connectivity index (χ4n) is 4.03. The molecule has 0 spiro atoms. The number of hydrogen-bond acceptors (Lipinski definition) is 4. The first-order valence-electron chi connectivity index (χ1n) is 7.41. The summed E-state index contributed by atoms with van der Waals surface area (Å²) in [6.45, 7) is 5.60. The van der Waals surface area contributed by atoms with Crippen LogP contribution in [0.3, 0.4) is 0 Å².